The highest BCUT2D eigenvalue weighted by Gasteiger charge is 2.24. The summed E-state index contributed by atoms with van der Waals surface area (Å²) in [5.41, 5.74) is 2.85. The number of nitrogens with one attached hydrogen (secondary N) is 1. The average Bonchev–Trinajstić information content (AvgIpc) is 3.29. The Hall–Kier alpha value is -0.580. The van der Waals surface area contributed by atoms with Gasteiger partial charge >= 0.3 is 0 Å². The van der Waals surface area contributed by atoms with Crippen molar-refractivity contribution in [3.05, 3.63) is 28.2 Å². The van der Waals surface area contributed by atoms with Crippen molar-refractivity contribution in [1.29, 1.82) is 0 Å². The van der Waals surface area contributed by atoms with Gasteiger partial charge in [0.1, 0.15) is 0 Å². The molecule has 1 saturated carbocycles. The van der Waals surface area contributed by atoms with Crippen LogP contribution in [0.15, 0.2) is 22.7 Å². The molecule has 2 fully saturated rings. The molecule has 0 spiro atoms. The lowest BCUT2D eigenvalue weighted by Crippen LogP contribution is -2.42. The van der Waals surface area contributed by atoms with Crippen molar-refractivity contribution < 1.29 is 0 Å². The third-order valence-electron chi connectivity index (χ3n) is 4.74. The van der Waals surface area contributed by atoms with Crippen LogP contribution in [0.5, 0.6) is 0 Å². The van der Waals surface area contributed by atoms with Crippen LogP contribution in [0.4, 0.5) is 5.69 Å². The van der Waals surface area contributed by atoms with Crippen molar-refractivity contribution in [2.45, 2.75) is 44.3 Å². The first kappa shape index (κ1) is 15.3. The fourth-order valence-electron chi connectivity index (χ4n) is 3.17. The predicted molar refractivity (Wildman–Crippen MR) is 92.9 cm³/mol. The van der Waals surface area contributed by atoms with Crippen LogP contribution in [0.2, 0.25) is 0 Å². The van der Waals surface area contributed by atoms with Crippen molar-refractivity contribution in [1.82, 2.24) is 10.2 Å². The molecule has 0 aromatic heterocycles. The molecule has 0 amide bonds. The fraction of sp³-hybridized carbons (Fsp3) is 0.647. The summed E-state index contributed by atoms with van der Waals surface area (Å²) in [5, 5.41) is 3.65. The Kier molecular flexibility index (Phi) is 4.87. The molecule has 3 nitrogen and oxygen atoms in total. The zero-order valence-electron chi connectivity index (χ0n) is 13.1. The van der Waals surface area contributed by atoms with E-state index < -0.39 is 0 Å². The van der Waals surface area contributed by atoms with Crippen LogP contribution in [-0.4, -0.2) is 44.2 Å². The smallest absolute Gasteiger partial charge is 0.0412 e. The Balaban J connectivity index is 1.68. The summed E-state index contributed by atoms with van der Waals surface area (Å²) < 4.78 is 1.18. The Labute approximate surface area is 136 Å². The van der Waals surface area contributed by atoms with Crippen molar-refractivity contribution in [2.24, 2.45) is 0 Å². The van der Waals surface area contributed by atoms with Gasteiger partial charge < -0.3 is 15.1 Å². The maximum atomic E-state index is 3.65. The zero-order valence-corrected chi connectivity index (χ0v) is 14.7. The van der Waals surface area contributed by atoms with Crippen LogP contribution >= 0.6 is 15.9 Å². The topological polar surface area (TPSA) is 18.5 Å². The second kappa shape index (κ2) is 6.67. The standard InChI is InChI=1S/C17H26BrN3/c1-20(2)16-7-9-21(10-8-16)17-6-3-14(18)11-13(17)12-19-15-4-5-15/h3,6,11,15-16,19H,4-5,7-10,12H2,1-2H3. The fourth-order valence-corrected chi connectivity index (χ4v) is 3.58. The lowest BCUT2D eigenvalue weighted by molar-refractivity contribution is 0.249. The number of rotatable bonds is 5. The molecule has 1 saturated heterocycles. The summed E-state index contributed by atoms with van der Waals surface area (Å²) in [4.78, 5) is 4.94. The third-order valence-corrected chi connectivity index (χ3v) is 5.23. The summed E-state index contributed by atoms with van der Waals surface area (Å²) in [5.74, 6) is 0. The molecule has 1 aliphatic heterocycles. The van der Waals surface area contributed by atoms with Gasteiger partial charge in [-0.1, -0.05) is 15.9 Å². The van der Waals surface area contributed by atoms with Gasteiger partial charge in [0.15, 0.2) is 0 Å². The van der Waals surface area contributed by atoms with Crippen LogP contribution in [0.25, 0.3) is 0 Å². The Morgan fingerprint density at radius 3 is 2.52 bits per heavy atom. The van der Waals surface area contributed by atoms with E-state index in [9.17, 15) is 0 Å². The van der Waals surface area contributed by atoms with Crippen LogP contribution in [0.1, 0.15) is 31.2 Å². The van der Waals surface area contributed by atoms with Crippen LogP contribution in [0, 0.1) is 0 Å². The van der Waals surface area contributed by atoms with Gasteiger partial charge in [0.05, 0.1) is 0 Å². The minimum atomic E-state index is 0.740. The summed E-state index contributed by atoms with van der Waals surface area (Å²) in [6.45, 7) is 3.33. The molecular formula is C17H26BrN3. The van der Waals surface area contributed by atoms with Crippen LogP contribution < -0.4 is 10.2 Å². The van der Waals surface area contributed by atoms with E-state index in [0.29, 0.717) is 0 Å². The number of halogens is 1. The minimum Gasteiger partial charge on any atom is -0.371 e. The Morgan fingerprint density at radius 2 is 1.90 bits per heavy atom. The highest BCUT2D eigenvalue weighted by molar-refractivity contribution is 9.10. The van der Waals surface area contributed by atoms with Gasteiger partial charge in [-0.05, 0) is 63.5 Å². The van der Waals surface area contributed by atoms with Gasteiger partial charge in [-0.25, -0.2) is 0 Å². The molecule has 3 rings (SSSR count). The van der Waals surface area contributed by atoms with E-state index in [0.717, 1.165) is 18.6 Å². The van der Waals surface area contributed by atoms with Crippen molar-refractivity contribution >= 4 is 21.6 Å². The van der Waals surface area contributed by atoms with Gasteiger partial charge in [-0.2, -0.15) is 0 Å². The minimum absolute atomic E-state index is 0.740. The molecule has 0 bridgehead atoms. The van der Waals surface area contributed by atoms with Gasteiger partial charge in [0.2, 0.25) is 0 Å². The molecular weight excluding hydrogens is 326 g/mol. The molecule has 2 aliphatic rings. The van der Waals surface area contributed by atoms with Crippen molar-refractivity contribution in [3.8, 4) is 0 Å². The number of benzene rings is 1. The Bertz CT molecular complexity index is 477. The van der Waals surface area contributed by atoms with Gasteiger partial charge in [0.25, 0.3) is 0 Å². The summed E-state index contributed by atoms with van der Waals surface area (Å²) in [6.07, 6.45) is 5.21. The largest absolute Gasteiger partial charge is 0.371 e. The number of nitrogens with zero attached hydrogens (tertiary/aromatic N) is 2. The van der Waals surface area contributed by atoms with E-state index in [2.05, 4.69) is 63.3 Å². The van der Waals surface area contributed by atoms with E-state index in [1.54, 1.807) is 0 Å². The molecule has 1 aliphatic carbocycles. The molecule has 1 aromatic carbocycles. The molecule has 1 heterocycles. The van der Waals surface area contributed by atoms with E-state index in [1.165, 1.54) is 54.5 Å². The summed E-state index contributed by atoms with van der Waals surface area (Å²) in [7, 11) is 4.40. The molecule has 0 radical (unpaired) electrons. The van der Waals surface area contributed by atoms with Crippen LogP contribution in [0.3, 0.4) is 0 Å². The van der Waals surface area contributed by atoms with Crippen molar-refractivity contribution in [2.75, 3.05) is 32.1 Å². The maximum Gasteiger partial charge on any atom is 0.0412 e. The highest BCUT2D eigenvalue weighted by Crippen LogP contribution is 2.29. The zero-order chi connectivity index (χ0) is 14.8. The third kappa shape index (κ3) is 3.99. The molecule has 1 aromatic rings. The number of hydrogen-bond acceptors (Lipinski definition) is 3. The molecule has 4 heteroatoms. The average molecular weight is 352 g/mol. The van der Waals surface area contributed by atoms with Gasteiger partial charge in [0, 0.05) is 41.9 Å². The lowest BCUT2D eigenvalue weighted by atomic mass is 10.0. The van der Waals surface area contributed by atoms with E-state index in [-0.39, 0.29) is 0 Å². The molecule has 0 unspecified atom stereocenters. The highest BCUT2D eigenvalue weighted by atomic mass is 79.9. The normalized spacial score (nSPS) is 20.3. The van der Waals surface area contributed by atoms with Crippen LogP contribution in [-0.2, 0) is 6.54 Å². The summed E-state index contributed by atoms with van der Waals surface area (Å²) in [6, 6.07) is 8.24. The van der Waals surface area contributed by atoms with Gasteiger partial charge in [-0.3, -0.25) is 0 Å². The number of hydrogen-bond donors (Lipinski definition) is 1. The molecule has 116 valence electrons. The molecule has 21 heavy (non-hydrogen) atoms. The number of anilines is 1. The Morgan fingerprint density at radius 1 is 1.19 bits per heavy atom. The molecule has 1 N–H and O–H groups in total. The predicted octanol–water partition coefficient (Wildman–Crippen LogP) is 3.23. The summed E-state index contributed by atoms with van der Waals surface area (Å²) >= 11 is 3.62. The monoisotopic (exact) mass is 351 g/mol. The quantitative estimate of drug-likeness (QED) is 0.878. The lowest BCUT2D eigenvalue weighted by Gasteiger charge is -2.37. The van der Waals surface area contributed by atoms with E-state index in [1.807, 2.05) is 0 Å². The second-order valence-corrected chi connectivity index (χ2v) is 7.53. The first-order valence-corrected chi connectivity index (χ1v) is 8.86. The van der Waals surface area contributed by atoms with Gasteiger partial charge in [-0.15, -0.1) is 0 Å². The van der Waals surface area contributed by atoms with E-state index in [4.69, 9.17) is 0 Å². The molecule has 0 atom stereocenters. The first-order valence-electron chi connectivity index (χ1n) is 8.06. The first-order chi connectivity index (χ1) is 10.1. The number of piperidine rings is 1. The van der Waals surface area contributed by atoms with Crippen molar-refractivity contribution in [3.63, 3.8) is 0 Å². The second-order valence-electron chi connectivity index (χ2n) is 6.61. The van der Waals surface area contributed by atoms with E-state index >= 15 is 0 Å². The maximum absolute atomic E-state index is 3.65. The SMILES string of the molecule is CN(C)C1CCN(c2ccc(Br)cc2CNC2CC2)CC1.